The van der Waals surface area contributed by atoms with Crippen molar-refractivity contribution in [1.29, 1.82) is 5.26 Å². The molecule has 3 aromatic rings. The van der Waals surface area contributed by atoms with Gasteiger partial charge >= 0.3 is 6.09 Å². The maximum absolute atomic E-state index is 14.6. The first-order chi connectivity index (χ1) is 33.3. The molecule has 68 heavy (non-hydrogen) atoms. The van der Waals surface area contributed by atoms with E-state index in [1.54, 1.807) is 48.4 Å². The molecular formula is C56H74N4O8. The molecule has 1 aliphatic heterocycles. The number of nitriles is 1. The summed E-state index contributed by atoms with van der Waals surface area (Å²) in [7, 11) is 1.75. The molecule has 3 N–H and O–H groups in total. The van der Waals surface area contributed by atoms with Gasteiger partial charge in [-0.05, 0) is 97.5 Å². The number of aliphatic hydroxyl groups excluding tert-OH is 2. The first-order valence-electron chi connectivity index (χ1n) is 25.3. The van der Waals surface area contributed by atoms with Crippen LogP contribution < -0.4 is 14.8 Å². The minimum absolute atomic E-state index is 0.00598. The average molecular weight is 931 g/mol. The summed E-state index contributed by atoms with van der Waals surface area (Å²) >= 11 is 0. The van der Waals surface area contributed by atoms with Crippen LogP contribution in [0.1, 0.15) is 149 Å². The van der Waals surface area contributed by atoms with E-state index < -0.39 is 23.8 Å². The number of carbonyl (C=O) groups excluding carboxylic acids is 2. The van der Waals surface area contributed by atoms with E-state index >= 15 is 0 Å². The molecule has 6 rings (SSSR count). The van der Waals surface area contributed by atoms with Gasteiger partial charge in [0.15, 0.2) is 0 Å². The summed E-state index contributed by atoms with van der Waals surface area (Å²) in [6.45, 7) is 7.29. The van der Waals surface area contributed by atoms with Crippen molar-refractivity contribution in [2.24, 2.45) is 22.9 Å². The summed E-state index contributed by atoms with van der Waals surface area (Å²) in [6, 6.07) is 23.3. The molecule has 2 amide bonds. The van der Waals surface area contributed by atoms with E-state index in [4.69, 9.17) is 24.2 Å². The molecule has 3 aromatic carbocycles. The van der Waals surface area contributed by atoms with Crippen molar-refractivity contribution < 1.29 is 38.9 Å². The van der Waals surface area contributed by atoms with Gasteiger partial charge < -0.3 is 39.5 Å². The van der Waals surface area contributed by atoms with Gasteiger partial charge in [0.05, 0.1) is 29.9 Å². The maximum atomic E-state index is 14.6. The number of unbranched alkanes of at least 4 members (excludes halogenated alkanes) is 11. The summed E-state index contributed by atoms with van der Waals surface area (Å²) < 4.78 is 20.3. The van der Waals surface area contributed by atoms with Crippen LogP contribution in [-0.4, -0.2) is 78.1 Å². The topological polar surface area (TPSA) is 163 Å². The van der Waals surface area contributed by atoms with Crippen molar-refractivity contribution >= 4 is 17.7 Å². The lowest BCUT2D eigenvalue weighted by Gasteiger charge is -2.59. The predicted molar refractivity (Wildman–Crippen MR) is 265 cm³/mol. The molecule has 1 heterocycles. The first-order valence-corrected chi connectivity index (χ1v) is 25.3. The fourth-order valence-electron chi connectivity index (χ4n) is 10.5. The Morgan fingerprint density at radius 1 is 0.912 bits per heavy atom. The molecule has 3 aliphatic rings. The fraction of sp³-hybridized carbons (Fsp3) is 0.536. The highest BCUT2D eigenvalue weighted by Crippen LogP contribution is 2.62. The number of nitrogens with one attached hydrogen (secondary N) is 1. The predicted octanol–water partition coefficient (Wildman–Crippen LogP) is 11.2. The SMILES string of the molecule is C=CCO[C@@]12Oc3ccc(OC(=O)NCCCCCCCCCCCC)cc3[C@H]3[C@H](CCCCO)[C@@H](CCCCO)C=C(C(=NOCc4ccccc4)C[C@@H]1N(C)C(=O)c1ccc(C#N)cc1)[C@H]32. The Morgan fingerprint density at radius 3 is 2.28 bits per heavy atom. The van der Waals surface area contributed by atoms with Gasteiger partial charge in [-0.25, -0.2) is 4.79 Å². The maximum Gasteiger partial charge on any atom is 0.412 e. The molecule has 0 unspecified atom stereocenters. The summed E-state index contributed by atoms with van der Waals surface area (Å²) in [4.78, 5) is 35.8. The number of fused-ring (bicyclic) bond motifs is 2. The van der Waals surface area contributed by atoms with Gasteiger partial charge in [-0.3, -0.25) is 4.79 Å². The zero-order chi connectivity index (χ0) is 48.1. The van der Waals surface area contributed by atoms with Crippen LogP contribution in [-0.2, 0) is 16.2 Å². The largest absolute Gasteiger partial charge is 0.459 e. The molecule has 1 saturated carbocycles. The number of likely N-dealkylation sites (N-methyl/N-ethyl adjacent to an activating group) is 1. The number of hydrogen-bond donors (Lipinski definition) is 3. The van der Waals surface area contributed by atoms with Crippen LogP contribution >= 0.6 is 0 Å². The Labute approximate surface area is 404 Å². The number of benzene rings is 3. The molecule has 12 nitrogen and oxygen atoms in total. The second kappa shape index (κ2) is 26.9. The Balaban J connectivity index is 1.38. The van der Waals surface area contributed by atoms with E-state index in [1.807, 2.05) is 42.5 Å². The number of ether oxygens (including phenoxy) is 3. The van der Waals surface area contributed by atoms with E-state index in [2.05, 4.69) is 31.0 Å². The minimum Gasteiger partial charge on any atom is -0.459 e. The molecule has 0 aromatic heterocycles. The van der Waals surface area contributed by atoms with Gasteiger partial charge in [0.25, 0.3) is 5.91 Å². The smallest absolute Gasteiger partial charge is 0.412 e. The quantitative estimate of drug-likeness (QED) is 0.0365. The normalized spacial score (nSPS) is 21.9. The number of amides is 2. The van der Waals surface area contributed by atoms with Crippen molar-refractivity contribution in [3.8, 4) is 17.6 Å². The van der Waals surface area contributed by atoms with Gasteiger partial charge in [0.1, 0.15) is 24.1 Å². The monoisotopic (exact) mass is 931 g/mol. The van der Waals surface area contributed by atoms with Crippen molar-refractivity contribution in [3.05, 3.63) is 119 Å². The van der Waals surface area contributed by atoms with Crippen LogP contribution in [0.25, 0.3) is 0 Å². The molecule has 0 spiro atoms. The lowest BCUT2D eigenvalue weighted by molar-refractivity contribution is -0.252. The lowest BCUT2D eigenvalue weighted by Crippen LogP contribution is -2.69. The van der Waals surface area contributed by atoms with Crippen molar-refractivity contribution in [1.82, 2.24) is 10.2 Å². The summed E-state index contributed by atoms with van der Waals surface area (Å²) in [5, 5.41) is 37.3. The van der Waals surface area contributed by atoms with Crippen LogP contribution in [0.5, 0.6) is 11.5 Å². The highest BCUT2D eigenvalue weighted by molar-refractivity contribution is 6.03. The minimum atomic E-state index is -1.45. The number of oxime groups is 1. The molecule has 366 valence electrons. The van der Waals surface area contributed by atoms with Gasteiger partial charge in [-0.1, -0.05) is 125 Å². The lowest BCUT2D eigenvalue weighted by atomic mass is 9.55. The molecule has 12 heteroatoms. The van der Waals surface area contributed by atoms with Crippen LogP contribution in [0.3, 0.4) is 0 Å². The third kappa shape index (κ3) is 13.4. The second-order valence-electron chi connectivity index (χ2n) is 18.6. The van der Waals surface area contributed by atoms with Crippen LogP contribution in [0.4, 0.5) is 4.79 Å². The van der Waals surface area contributed by atoms with Crippen molar-refractivity contribution in [2.45, 2.75) is 140 Å². The standard InChI is InChI=1S/C56H74N4O8/c1-4-6-7-8-9-10-11-12-13-19-32-58-55(64)67-45-30-31-50-48(37-45)52-46(25-18-21-34-62)44(24-17-20-33-61)36-47-49(59-66-40-42-22-15-14-16-23-42)38-51(56(68-50,53(47)52)65-35-5-2)60(3)54(63)43-28-26-41(39-57)27-29-43/h5,14-16,22-23,26-31,36-37,44,46,51-53,61-62H,2,4,6-13,17-21,24-25,32-35,38,40H2,1,3H3,(H,58,64)/t44-,46+,51-,52+,53+,56+/m0/s1. The third-order valence-corrected chi connectivity index (χ3v) is 14.0. The fourth-order valence-corrected chi connectivity index (χ4v) is 10.5. The molecular weight excluding hydrogens is 857 g/mol. The number of aliphatic hydroxyl groups is 2. The number of allylic oxidation sites excluding steroid dienone is 1. The van der Waals surface area contributed by atoms with E-state index in [9.17, 15) is 25.1 Å². The zero-order valence-electron chi connectivity index (χ0n) is 40.4. The third-order valence-electron chi connectivity index (χ3n) is 14.0. The van der Waals surface area contributed by atoms with E-state index in [1.165, 1.54) is 44.9 Å². The van der Waals surface area contributed by atoms with E-state index in [0.29, 0.717) is 47.7 Å². The average Bonchev–Trinajstić information content (AvgIpc) is 3.36. The van der Waals surface area contributed by atoms with E-state index in [0.717, 1.165) is 61.6 Å². The van der Waals surface area contributed by atoms with Crippen LogP contribution in [0, 0.1) is 29.1 Å². The number of hydrogen-bond acceptors (Lipinski definition) is 10. The summed E-state index contributed by atoms with van der Waals surface area (Å²) in [5.41, 5.74) is 4.23. The number of nitrogens with zero attached hydrogens (tertiary/aromatic N) is 3. The van der Waals surface area contributed by atoms with Gasteiger partial charge in [-0.2, -0.15) is 5.26 Å². The number of carbonyl (C=O) groups is 2. The molecule has 6 atom stereocenters. The molecule has 0 saturated heterocycles. The van der Waals surface area contributed by atoms with Crippen molar-refractivity contribution in [3.63, 3.8) is 0 Å². The number of rotatable bonds is 28. The highest BCUT2D eigenvalue weighted by Gasteiger charge is 2.65. The highest BCUT2D eigenvalue weighted by atomic mass is 16.7. The van der Waals surface area contributed by atoms with Crippen LogP contribution in [0.2, 0.25) is 0 Å². The second-order valence-corrected chi connectivity index (χ2v) is 18.6. The van der Waals surface area contributed by atoms with Gasteiger partial charge in [0.2, 0.25) is 5.79 Å². The first kappa shape index (κ1) is 51.9. The molecule has 1 fully saturated rings. The molecule has 0 bridgehead atoms. The Kier molecular flexibility index (Phi) is 20.5. The van der Waals surface area contributed by atoms with Crippen LogP contribution in [0.15, 0.2) is 102 Å². The van der Waals surface area contributed by atoms with Gasteiger partial charge in [-0.15, -0.1) is 6.58 Å². The Morgan fingerprint density at radius 2 is 1.60 bits per heavy atom. The zero-order valence-corrected chi connectivity index (χ0v) is 40.4. The van der Waals surface area contributed by atoms with E-state index in [-0.39, 0.29) is 56.5 Å². The Bertz CT molecular complexity index is 2170. The van der Waals surface area contributed by atoms with Gasteiger partial charge in [0, 0.05) is 50.3 Å². The molecule has 0 radical (unpaired) electrons. The Hall–Kier alpha value is -5.48. The summed E-state index contributed by atoms with van der Waals surface area (Å²) in [6.07, 6.45) is 20.2. The summed E-state index contributed by atoms with van der Waals surface area (Å²) in [5.74, 6) is -1.59. The van der Waals surface area contributed by atoms with Crippen molar-refractivity contribution in [2.75, 3.05) is 33.4 Å². The molecule has 2 aliphatic carbocycles.